The van der Waals surface area contributed by atoms with Crippen LogP contribution in [0.4, 0.5) is 5.69 Å². The largest absolute Gasteiger partial charge is 0.459 e. The second kappa shape index (κ2) is 8.98. The topological polar surface area (TPSA) is 117 Å². The molecule has 1 atom stereocenters. The molecular weight excluding hydrogens is 504 g/mol. The van der Waals surface area contributed by atoms with Gasteiger partial charge in [-0.05, 0) is 44.5 Å². The number of fused-ring (bicyclic) bond motifs is 2. The van der Waals surface area contributed by atoms with Gasteiger partial charge in [-0.2, -0.15) is 0 Å². The number of allylic oxidation sites excluding steroid dienone is 1. The molecule has 0 saturated heterocycles. The summed E-state index contributed by atoms with van der Waals surface area (Å²) in [6, 6.07) is 14.1. The summed E-state index contributed by atoms with van der Waals surface area (Å²) in [5, 5.41) is 2.96. The van der Waals surface area contributed by atoms with Crippen molar-refractivity contribution in [3.05, 3.63) is 86.9 Å². The Bertz CT molecular complexity index is 1250. The first-order chi connectivity index (χ1) is 16.2. The van der Waals surface area contributed by atoms with Crippen LogP contribution >= 0.6 is 15.9 Å². The molecule has 0 aromatic heterocycles. The molecule has 0 fully saturated rings. The monoisotopic (exact) mass is 526 g/mol. The van der Waals surface area contributed by atoms with Crippen LogP contribution in [0.5, 0.6) is 0 Å². The lowest BCUT2D eigenvalue weighted by molar-refractivity contribution is -0.148. The molecule has 9 heteroatoms. The van der Waals surface area contributed by atoms with Gasteiger partial charge in [-0.3, -0.25) is 0 Å². The molecule has 2 aliphatic heterocycles. The quantitative estimate of drug-likeness (QED) is 0.446. The molecule has 0 radical (unpaired) electrons. The fourth-order valence-electron chi connectivity index (χ4n) is 4.21. The molecule has 2 aromatic rings. The Labute approximate surface area is 204 Å². The number of nitrogens with one attached hydrogen (secondary N) is 1. The molecule has 2 aliphatic rings. The lowest BCUT2D eigenvalue weighted by atomic mass is 9.67. The Balaban J connectivity index is 1.90. The molecule has 8 nitrogen and oxygen atoms in total. The van der Waals surface area contributed by atoms with Gasteiger partial charge < -0.3 is 25.3 Å². The average molecular weight is 527 g/mol. The summed E-state index contributed by atoms with van der Waals surface area (Å²) in [6.07, 6.45) is -0.473. The van der Waals surface area contributed by atoms with Gasteiger partial charge in [0.15, 0.2) is 5.41 Å². The Kier molecular flexibility index (Phi) is 6.22. The zero-order valence-corrected chi connectivity index (χ0v) is 20.4. The van der Waals surface area contributed by atoms with Crippen LogP contribution in [0.3, 0.4) is 0 Å². The number of cyclic esters (lactones) is 1. The summed E-state index contributed by atoms with van der Waals surface area (Å²) in [5.41, 5.74) is 5.51. The van der Waals surface area contributed by atoms with Gasteiger partial charge in [0.05, 0.1) is 6.10 Å². The number of carbonyl (C=O) groups is 3. The minimum Gasteiger partial charge on any atom is -0.459 e. The first-order valence-corrected chi connectivity index (χ1v) is 11.4. The van der Waals surface area contributed by atoms with Gasteiger partial charge >= 0.3 is 17.9 Å². The summed E-state index contributed by atoms with van der Waals surface area (Å²) < 4.78 is 17.1. The molecule has 0 amide bonds. The van der Waals surface area contributed by atoms with Gasteiger partial charge in [0, 0.05) is 15.7 Å². The van der Waals surface area contributed by atoms with Crippen LogP contribution in [0.15, 0.2) is 75.7 Å². The fourth-order valence-corrected chi connectivity index (χ4v) is 4.57. The number of halogens is 1. The summed E-state index contributed by atoms with van der Waals surface area (Å²) in [5.74, 6) is -2.57. The molecule has 2 heterocycles. The van der Waals surface area contributed by atoms with Crippen molar-refractivity contribution in [2.45, 2.75) is 38.9 Å². The normalized spacial score (nSPS) is 19.1. The Morgan fingerprint density at radius 1 is 1.12 bits per heavy atom. The van der Waals surface area contributed by atoms with Gasteiger partial charge in [0.1, 0.15) is 29.3 Å². The maximum atomic E-state index is 13.6. The second-order valence-corrected chi connectivity index (χ2v) is 9.11. The summed E-state index contributed by atoms with van der Waals surface area (Å²) >= 11 is 3.41. The number of anilines is 1. The average Bonchev–Trinajstić information content (AvgIpc) is 3.03. The van der Waals surface area contributed by atoms with Crippen molar-refractivity contribution in [1.82, 2.24) is 0 Å². The number of hydrogen-bond acceptors (Lipinski definition) is 8. The highest BCUT2D eigenvalue weighted by molar-refractivity contribution is 9.10. The first kappa shape index (κ1) is 23.6. The molecule has 176 valence electrons. The van der Waals surface area contributed by atoms with Crippen LogP contribution in [0.2, 0.25) is 0 Å². The number of carbonyl (C=O) groups excluding carboxylic acids is 3. The Hall–Kier alpha value is -3.59. The molecule has 0 bridgehead atoms. The van der Waals surface area contributed by atoms with E-state index in [1.165, 1.54) is 6.92 Å². The molecule has 0 aliphatic carbocycles. The molecule has 0 saturated carbocycles. The third kappa shape index (κ3) is 3.86. The van der Waals surface area contributed by atoms with Crippen LogP contribution in [0.25, 0.3) is 0 Å². The zero-order valence-electron chi connectivity index (χ0n) is 18.8. The summed E-state index contributed by atoms with van der Waals surface area (Å²) in [4.78, 5) is 40.3. The third-order valence-electron chi connectivity index (χ3n) is 5.54. The fraction of sp³-hybridized carbons (Fsp3) is 0.240. The van der Waals surface area contributed by atoms with Crippen molar-refractivity contribution in [1.29, 1.82) is 0 Å². The predicted octanol–water partition coefficient (Wildman–Crippen LogP) is 3.81. The standard InChI is InChI=1S/C25H23BrN2O6/c1-13(2)33-23(30)19-14(3)34-24(31)25(19)17-11-16(26)9-10-18(17)28-21(27)20(25)22(29)32-12-15-7-5-4-6-8-15/h4-11,13,28H,12,27H2,1-3H3/t25-/m0/s1. The highest BCUT2D eigenvalue weighted by atomic mass is 79.9. The maximum Gasteiger partial charge on any atom is 0.339 e. The van der Waals surface area contributed by atoms with E-state index in [4.69, 9.17) is 19.9 Å². The molecule has 2 aromatic carbocycles. The van der Waals surface area contributed by atoms with Gasteiger partial charge in [-0.1, -0.05) is 46.3 Å². The lowest BCUT2D eigenvalue weighted by Gasteiger charge is -2.36. The minimum atomic E-state index is -1.96. The van der Waals surface area contributed by atoms with E-state index in [1.807, 2.05) is 18.2 Å². The summed E-state index contributed by atoms with van der Waals surface area (Å²) in [7, 11) is 0. The molecule has 1 spiro atoms. The highest BCUT2D eigenvalue weighted by Crippen LogP contribution is 2.53. The molecule has 4 rings (SSSR count). The second-order valence-electron chi connectivity index (χ2n) is 8.19. The van der Waals surface area contributed by atoms with E-state index in [-0.39, 0.29) is 29.3 Å². The van der Waals surface area contributed by atoms with Crippen molar-refractivity contribution in [3.63, 3.8) is 0 Å². The van der Waals surface area contributed by atoms with Gasteiger partial charge in [-0.15, -0.1) is 0 Å². The van der Waals surface area contributed by atoms with Crippen molar-refractivity contribution in [3.8, 4) is 0 Å². The number of esters is 3. The van der Waals surface area contributed by atoms with Gasteiger partial charge in [-0.25, -0.2) is 14.4 Å². The Morgan fingerprint density at radius 2 is 1.82 bits per heavy atom. The van der Waals surface area contributed by atoms with E-state index in [2.05, 4.69) is 21.2 Å². The van der Waals surface area contributed by atoms with E-state index < -0.39 is 29.4 Å². The van der Waals surface area contributed by atoms with E-state index >= 15 is 0 Å². The summed E-state index contributed by atoms with van der Waals surface area (Å²) in [6.45, 7) is 4.79. The Morgan fingerprint density at radius 3 is 2.50 bits per heavy atom. The van der Waals surface area contributed by atoms with Crippen molar-refractivity contribution < 1.29 is 28.6 Å². The van der Waals surface area contributed by atoms with Crippen LogP contribution < -0.4 is 11.1 Å². The lowest BCUT2D eigenvalue weighted by Crippen LogP contribution is -2.48. The van der Waals surface area contributed by atoms with Crippen LogP contribution in [-0.2, 0) is 40.6 Å². The first-order valence-electron chi connectivity index (χ1n) is 10.6. The number of hydrogen-bond donors (Lipinski definition) is 2. The van der Waals surface area contributed by atoms with Crippen LogP contribution in [0, 0.1) is 0 Å². The third-order valence-corrected chi connectivity index (χ3v) is 6.04. The minimum absolute atomic E-state index is 0.0321. The van der Waals surface area contributed by atoms with E-state index in [1.54, 1.807) is 44.2 Å². The van der Waals surface area contributed by atoms with Crippen molar-refractivity contribution in [2.75, 3.05) is 5.32 Å². The highest BCUT2D eigenvalue weighted by Gasteiger charge is 2.63. The smallest absolute Gasteiger partial charge is 0.339 e. The zero-order chi connectivity index (χ0) is 24.6. The van der Waals surface area contributed by atoms with E-state index in [0.717, 1.165) is 5.56 Å². The van der Waals surface area contributed by atoms with Gasteiger partial charge in [0.25, 0.3) is 0 Å². The maximum absolute atomic E-state index is 13.6. The van der Waals surface area contributed by atoms with Crippen LogP contribution in [-0.4, -0.2) is 24.0 Å². The number of nitrogens with two attached hydrogens (primary N) is 1. The number of benzene rings is 2. The predicted molar refractivity (Wildman–Crippen MR) is 127 cm³/mol. The number of rotatable bonds is 5. The van der Waals surface area contributed by atoms with Crippen molar-refractivity contribution in [2.24, 2.45) is 5.73 Å². The van der Waals surface area contributed by atoms with Crippen molar-refractivity contribution >= 4 is 39.5 Å². The van der Waals surface area contributed by atoms with E-state index in [9.17, 15) is 14.4 Å². The molecule has 34 heavy (non-hydrogen) atoms. The van der Waals surface area contributed by atoms with Gasteiger partial charge in [0.2, 0.25) is 0 Å². The molecule has 3 N–H and O–H groups in total. The van der Waals surface area contributed by atoms with E-state index in [0.29, 0.717) is 15.7 Å². The van der Waals surface area contributed by atoms with Crippen LogP contribution in [0.1, 0.15) is 31.9 Å². The SMILES string of the molecule is CC1=C(C(=O)OC(C)C)[C@]2(C(=O)O1)C(C(=O)OCc1ccccc1)=C(N)Nc1ccc(Br)cc12. The molecule has 0 unspecified atom stereocenters. The molecular formula is C25H23BrN2O6. The number of ether oxygens (including phenoxy) is 3.